The van der Waals surface area contributed by atoms with Crippen molar-refractivity contribution in [3.63, 3.8) is 0 Å². The fraction of sp³-hybridized carbons (Fsp3) is 0.167. The number of halogens is 2. The molecular formula is C6H4Cl2N2. The highest BCUT2D eigenvalue weighted by atomic mass is 35.5. The molecule has 4 heteroatoms. The molecule has 1 aliphatic carbocycles. The average molecular weight is 175 g/mol. The maximum atomic E-state index is 8.35. The Morgan fingerprint density at radius 3 is 2.80 bits per heavy atom. The van der Waals surface area contributed by atoms with Crippen molar-refractivity contribution in [3.8, 4) is 0 Å². The molecular weight excluding hydrogens is 171 g/mol. The fourth-order valence-corrected chi connectivity index (χ4v) is 0.992. The third kappa shape index (κ3) is 1.48. The Labute approximate surface area is 68.4 Å². The van der Waals surface area contributed by atoms with Crippen molar-refractivity contribution >= 4 is 28.9 Å². The zero-order valence-electron chi connectivity index (χ0n) is 4.96. The first-order valence-corrected chi connectivity index (χ1v) is 3.47. The predicted molar refractivity (Wildman–Crippen MR) is 41.3 cm³/mol. The van der Waals surface area contributed by atoms with E-state index in [1.807, 2.05) is 0 Å². The van der Waals surface area contributed by atoms with E-state index in [0.29, 0.717) is 10.7 Å². The van der Waals surface area contributed by atoms with Crippen LogP contribution in [-0.4, -0.2) is 15.9 Å². The average Bonchev–Trinajstić information content (AvgIpc) is 1.94. The summed E-state index contributed by atoms with van der Waals surface area (Å²) in [6, 6.07) is 0. The molecule has 0 aromatic heterocycles. The molecule has 0 aromatic carbocycles. The normalized spacial score (nSPS) is 24.0. The minimum Gasteiger partial charge on any atom is -0.361 e. The van der Waals surface area contributed by atoms with E-state index in [9.17, 15) is 0 Å². The van der Waals surface area contributed by atoms with Crippen molar-refractivity contribution in [2.75, 3.05) is 0 Å². The molecule has 1 aliphatic rings. The summed E-state index contributed by atoms with van der Waals surface area (Å²) in [7, 11) is 0. The maximum Gasteiger partial charge on any atom is 0.315 e. The predicted octanol–water partition coefficient (Wildman–Crippen LogP) is 1.96. The largest absolute Gasteiger partial charge is 0.361 e. The van der Waals surface area contributed by atoms with Gasteiger partial charge in [-0.25, -0.2) is 0 Å². The zero-order chi connectivity index (χ0) is 7.56. The van der Waals surface area contributed by atoms with Gasteiger partial charge in [0.1, 0.15) is 0 Å². The highest BCUT2D eigenvalue weighted by Gasteiger charge is 2.18. The summed E-state index contributed by atoms with van der Waals surface area (Å²) in [5, 5.41) is 0.150. The van der Waals surface area contributed by atoms with Crippen LogP contribution in [0.4, 0.5) is 0 Å². The minimum absolute atomic E-state index is 0.368. The van der Waals surface area contributed by atoms with Crippen LogP contribution in [0.2, 0.25) is 0 Å². The van der Waals surface area contributed by atoms with Gasteiger partial charge in [-0.1, -0.05) is 17.7 Å². The molecule has 52 valence electrons. The van der Waals surface area contributed by atoms with Gasteiger partial charge in [-0.15, -0.1) is 11.6 Å². The lowest BCUT2D eigenvalue weighted by atomic mass is 10.1. The van der Waals surface area contributed by atoms with Gasteiger partial charge >= 0.3 is 5.71 Å². The Kier molecular flexibility index (Phi) is 2.28. The highest BCUT2D eigenvalue weighted by molar-refractivity contribution is 6.39. The van der Waals surface area contributed by atoms with Gasteiger partial charge in [-0.2, -0.15) is 4.79 Å². The standard InChI is InChI=1S/C6H4Cl2N2/c7-4-1-2-5(8)6(3-4)10-9/h1-3,5H. The van der Waals surface area contributed by atoms with Crippen molar-refractivity contribution in [3.05, 3.63) is 28.8 Å². The molecule has 0 saturated carbocycles. The molecule has 0 spiro atoms. The monoisotopic (exact) mass is 174 g/mol. The highest BCUT2D eigenvalue weighted by Crippen LogP contribution is 2.14. The number of alkyl halides is 1. The van der Waals surface area contributed by atoms with Gasteiger partial charge in [0.05, 0.1) is 0 Å². The van der Waals surface area contributed by atoms with Crippen LogP contribution in [0, 0.1) is 0 Å². The Morgan fingerprint density at radius 1 is 1.60 bits per heavy atom. The van der Waals surface area contributed by atoms with Crippen LogP contribution < -0.4 is 0 Å². The molecule has 0 amide bonds. The summed E-state index contributed by atoms with van der Waals surface area (Å²) in [6.07, 6.45) is 4.83. The molecule has 0 fully saturated rings. The number of allylic oxidation sites excluding steroid dienone is 4. The van der Waals surface area contributed by atoms with Crippen LogP contribution in [0.1, 0.15) is 0 Å². The van der Waals surface area contributed by atoms with E-state index in [1.54, 1.807) is 12.2 Å². The summed E-state index contributed by atoms with van der Waals surface area (Å²) in [4.78, 5) is 2.95. The SMILES string of the molecule is [N-]=[N+]=C1C=C(Cl)C=CC1Cl. The second kappa shape index (κ2) is 3.02. The summed E-state index contributed by atoms with van der Waals surface area (Å²) >= 11 is 11.2. The minimum atomic E-state index is -0.368. The van der Waals surface area contributed by atoms with Gasteiger partial charge in [-0.3, -0.25) is 0 Å². The molecule has 0 heterocycles. The smallest absolute Gasteiger partial charge is 0.315 e. The van der Waals surface area contributed by atoms with Gasteiger partial charge in [0.25, 0.3) is 0 Å². The van der Waals surface area contributed by atoms with Gasteiger partial charge in [-0.05, 0) is 6.08 Å². The van der Waals surface area contributed by atoms with Crippen LogP contribution in [-0.2, 0) is 0 Å². The molecule has 0 aliphatic heterocycles. The van der Waals surface area contributed by atoms with Gasteiger partial charge in [0.2, 0.25) is 0 Å². The number of hydrogen-bond acceptors (Lipinski definition) is 0. The fourth-order valence-electron chi connectivity index (χ4n) is 0.628. The lowest BCUT2D eigenvalue weighted by Gasteiger charge is -1.99. The molecule has 1 atom stereocenters. The van der Waals surface area contributed by atoms with Crippen molar-refractivity contribution in [2.24, 2.45) is 0 Å². The lowest BCUT2D eigenvalue weighted by molar-refractivity contribution is -0.00512. The van der Waals surface area contributed by atoms with E-state index in [1.165, 1.54) is 6.08 Å². The molecule has 0 bridgehead atoms. The molecule has 0 radical (unpaired) electrons. The molecule has 0 N–H and O–H groups in total. The number of nitrogens with zero attached hydrogens (tertiary/aromatic N) is 2. The summed E-state index contributed by atoms with van der Waals surface area (Å²) in [6.45, 7) is 0. The first kappa shape index (κ1) is 7.55. The number of hydrogen-bond donors (Lipinski definition) is 0. The second-order valence-electron chi connectivity index (χ2n) is 1.81. The van der Waals surface area contributed by atoms with Gasteiger partial charge < -0.3 is 5.53 Å². The third-order valence-electron chi connectivity index (χ3n) is 1.11. The molecule has 0 saturated heterocycles. The summed E-state index contributed by atoms with van der Waals surface area (Å²) in [5.74, 6) is 0. The van der Waals surface area contributed by atoms with E-state index < -0.39 is 0 Å². The van der Waals surface area contributed by atoms with Crippen molar-refractivity contribution in [1.29, 1.82) is 0 Å². The molecule has 10 heavy (non-hydrogen) atoms. The summed E-state index contributed by atoms with van der Waals surface area (Å²) in [5.41, 5.74) is 8.72. The van der Waals surface area contributed by atoms with E-state index in [0.717, 1.165) is 0 Å². The molecule has 1 unspecified atom stereocenters. The Morgan fingerprint density at radius 2 is 2.30 bits per heavy atom. The second-order valence-corrected chi connectivity index (χ2v) is 2.72. The third-order valence-corrected chi connectivity index (χ3v) is 1.71. The lowest BCUT2D eigenvalue weighted by Crippen LogP contribution is -2.12. The van der Waals surface area contributed by atoms with Crippen LogP contribution in [0.25, 0.3) is 5.53 Å². The maximum absolute atomic E-state index is 8.35. The molecule has 1 rings (SSSR count). The summed E-state index contributed by atoms with van der Waals surface area (Å²) < 4.78 is 0. The first-order chi connectivity index (χ1) is 4.74. The van der Waals surface area contributed by atoms with Gasteiger partial charge in [0, 0.05) is 11.1 Å². The van der Waals surface area contributed by atoms with Crippen molar-refractivity contribution in [2.45, 2.75) is 5.38 Å². The quantitative estimate of drug-likeness (QED) is 0.306. The van der Waals surface area contributed by atoms with Crippen LogP contribution in [0.3, 0.4) is 0 Å². The first-order valence-electron chi connectivity index (χ1n) is 2.65. The van der Waals surface area contributed by atoms with Crippen LogP contribution in [0.5, 0.6) is 0 Å². The Hall–Kier alpha value is -0.560. The van der Waals surface area contributed by atoms with Crippen LogP contribution in [0.15, 0.2) is 23.3 Å². The topological polar surface area (TPSA) is 36.4 Å². The van der Waals surface area contributed by atoms with E-state index in [4.69, 9.17) is 28.7 Å². The van der Waals surface area contributed by atoms with Crippen molar-refractivity contribution < 1.29 is 4.79 Å². The molecule has 0 aromatic rings. The van der Waals surface area contributed by atoms with Crippen LogP contribution >= 0.6 is 23.2 Å². The molecule has 2 nitrogen and oxygen atoms in total. The van der Waals surface area contributed by atoms with Gasteiger partial charge in [0.15, 0.2) is 5.38 Å². The van der Waals surface area contributed by atoms with Crippen molar-refractivity contribution in [1.82, 2.24) is 0 Å². The van der Waals surface area contributed by atoms with E-state index >= 15 is 0 Å². The Bertz CT molecular complexity index is 248. The number of rotatable bonds is 0. The van der Waals surface area contributed by atoms with E-state index in [-0.39, 0.29) is 5.38 Å². The zero-order valence-corrected chi connectivity index (χ0v) is 6.47. The van der Waals surface area contributed by atoms with E-state index in [2.05, 4.69) is 4.79 Å². The Balaban J connectivity index is 2.98.